The van der Waals surface area contributed by atoms with Crippen molar-refractivity contribution in [2.75, 3.05) is 16.4 Å². The van der Waals surface area contributed by atoms with E-state index in [0.29, 0.717) is 16.9 Å². The Morgan fingerprint density at radius 2 is 1.57 bits per heavy atom. The summed E-state index contributed by atoms with van der Waals surface area (Å²) in [6.07, 6.45) is 0.115. The first-order chi connectivity index (χ1) is 14.4. The van der Waals surface area contributed by atoms with Gasteiger partial charge in [0, 0.05) is 22.3 Å². The Morgan fingerprint density at radius 3 is 2.20 bits per heavy atom. The number of carbonyl (C=O) groups excluding carboxylic acids is 3. The van der Waals surface area contributed by atoms with Crippen molar-refractivity contribution < 1.29 is 14.4 Å². The first-order valence-electron chi connectivity index (χ1n) is 9.02. The normalized spacial score (nSPS) is 10.4. The Hall–Kier alpha value is -3.17. The molecule has 3 aromatic rings. The van der Waals surface area contributed by atoms with E-state index in [9.17, 15) is 14.4 Å². The molecule has 0 radical (unpaired) electrons. The van der Waals surface area contributed by atoms with Crippen molar-refractivity contribution in [3.8, 4) is 0 Å². The number of carbonyl (C=O) groups is 3. The van der Waals surface area contributed by atoms with E-state index >= 15 is 0 Å². The molecule has 0 aliphatic heterocycles. The molecule has 2 aromatic carbocycles. The van der Waals surface area contributed by atoms with Crippen molar-refractivity contribution in [3.63, 3.8) is 0 Å². The molecule has 0 aliphatic carbocycles. The molecule has 0 aliphatic rings. The first-order valence-corrected chi connectivity index (χ1v) is 10.9. The number of aryl methyl sites for hydroxylation is 1. The zero-order valence-electron chi connectivity index (χ0n) is 16.2. The number of primary amides is 1. The third-order valence-electron chi connectivity index (χ3n) is 3.99. The van der Waals surface area contributed by atoms with Gasteiger partial charge in [-0.25, -0.2) is 4.98 Å². The molecule has 1 aromatic heterocycles. The lowest BCUT2D eigenvalue weighted by Crippen LogP contribution is -2.15. The molecule has 1 heterocycles. The highest BCUT2D eigenvalue weighted by molar-refractivity contribution is 8.01. The van der Waals surface area contributed by atoms with Gasteiger partial charge in [0.25, 0.3) is 0 Å². The van der Waals surface area contributed by atoms with Crippen LogP contribution in [0.15, 0.2) is 58.3 Å². The Morgan fingerprint density at radius 1 is 0.967 bits per heavy atom. The minimum absolute atomic E-state index is 0.113. The van der Waals surface area contributed by atoms with E-state index in [1.807, 2.05) is 31.2 Å². The summed E-state index contributed by atoms with van der Waals surface area (Å²) in [6.45, 7) is 1.99. The topological polar surface area (TPSA) is 114 Å². The van der Waals surface area contributed by atoms with Crippen molar-refractivity contribution >= 4 is 52.2 Å². The molecule has 4 N–H and O–H groups in total. The van der Waals surface area contributed by atoms with E-state index in [4.69, 9.17) is 5.73 Å². The molecule has 0 bridgehead atoms. The number of hydrogen-bond acceptors (Lipinski definition) is 6. The zero-order chi connectivity index (χ0) is 21.5. The average Bonchev–Trinajstić information content (AvgIpc) is 3.15. The van der Waals surface area contributed by atoms with Gasteiger partial charge in [-0.15, -0.1) is 11.3 Å². The van der Waals surface area contributed by atoms with Gasteiger partial charge in [0.15, 0.2) is 4.34 Å². The van der Waals surface area contributed by atoms with Gasteiger partial charge >= 0.3 is 0 Å². The third kappa shape index (κ3) is 6.43. The Labute approximate surface area is 182 Å². The number of hydrogen-bond donors (Lipinski definition) is 3. The molecular formula is C21H20N4O3S2. The number of anilines is 2. The van der Waals surface area contributed by atoms with Gasteiger partial charge in [0.2, 0.25) is 17.7 Å². The van der Waals surface area contributed by atoms with Crippen LogP contribution in [0.25, 0.3) is 0 Å². The fraction of sp³-hybridized carbons (Fsp3) is 0.143. The quantitative estimate of drug-likeness (QED) is 0.464. The summed E-state index contributed by atoms with van der Waals surface area (Å²) in [5, 5.41) is 7.39. The average molecular weight is 441 g/mol. The molecule has 3 amide bonds. The third-order valence-corrected chi connectivity index (χ3v) is 6.06. The standard InChI is InChI=1S/C21H20N4O3S2/c1-13-2-6-15(7-3-13)24-19(27)12-30-21-25-17(11-29-21)10-18(26)23-16-8-4-14(5-9-16)20(22)28/h2-9,11H,10,12H2,1H3,(H2,22,28)(H,23,26)(H,24,27). The summed E-state index contributed by atoms with van der Waals surface area (Å²) < 4.78 is 0.725. The SMILES string of the molecule is Cc1ccc(NC(=O)CSc2nc(CC(=O)Nc3ccc(C(N)=O)cc3)cs2)cc1. The number of benzene rings is 2. The smallest absolute Gasteiger partial charge is 0.248 e. The summed E-state index contributed by atoms with van der Waals surface area (Å²) >= 11 is 2.72. The van der Waals surface area contributed by atoms with E-state index in [1.165, 1.54) is 23.1 Å². The van der Waals surface area contributed by atoms with Gasteiger partial charge in [-0.1, -0.05) is 29.5 Å². The van der Waals surface area contributed by atoms with Crippen LogP contribution in [0.4, 0.5) is 11.4 Å². The maximum Gasteiger partial charge on any atom is 0.248 e. The number of nitrogens with zero attached hydrogens (tertiary/aromatic N) is 1. The largest absolute Gasteiger partial charge is 0.366 e. The minimum Gasteiger partial charge on any atom is -0.366 e. The van der Waals surface area contributed by atoms with Crippen molar-refractivity contribution in [1.29, 1.82) is 0 Å². The van der Waals surface area contributed by atoms with Crippen molar-refractivity contribution in [1.82, 2.24) is 4.98 Å². The van der Waals surface area contributed by atoms with Crippen molar-refractivity contribution in [2.24, 2.45) is 5.73 Å². The molecule has 0 saturated carbocycles. The lowest BCUT2D eigenvalue weighted by Gasteiger charge is -2.05. The van der Waals surface area contributed by atoms with Crippen LogP contribution < -0.4 is 16.4 Å². The first kappa shape index (κ1) is 21.5. The van der Waals surface area contributed by atoms with Crippen LogP contribution in [0.5, 0.6) is 0 Å². The summed E-state index contributed by atoms with van der Waals surface area (Å²) in [6, 6.07) is 13.9. The van der Waals surface area contributed by atoms with Crippen molar-refractivity contribution in [2.45, 2.75) is 17.7 Å². The van der Waals surface area contributed by atoms with Crippen LogP contribution in [-0.2, 0) is 16.0 Å². The predicted octanol–water partition coefficient (Wildman–Crippen LogP) is 3.46. The zero-order valence-corrected chi connectivity index (χ0v) is 17.8. The number of rotatable bonds is 8. The summed E-state index contributed by atoms with van der Waals surface area (Å²) in [5.41, 5.74) is 8.66. The van der Waals surface area contributed by atoms with Crippen LogP contribution >= 0.6 is 23.1 Å². The molecule has 0 saturated heterocycles. The maximum atomic E-state index is 12.2. The summed E-state index contributed by atoms with van der Waals surface area (Å²) in [5.74, 6) is -0.620. The van der Waals surface area contributed by atoms with Gasteiger partial charge in [0.1, 0.15) is 0 Å². The fourth-order valence-electron chi connectivity index (χ4n) is 2.48. The summed E-state index contributed by atoms with van der Waals surface area (Å²) in [4.78, 5) is 39.7. The van der Waals surface area contributed by atoms with Crippen LogP contribution in [0, 0.1) is 6.92 Å². The van der Waals surface area contributed by atoms with Crippen molar-refractivity contribution in [3.05, 3.63) is 70.7 Å². The van der Waals surface area contributed by atoms with E-state index in [1.54, 1.807) is 29.6 Å². The number of nitrogens with one attached hydrogen (secondary N) is 2. The highest BCUT2D eigenvalue weighted by Gasteiger charge is 2.11. The Bertz CT molecular complexity index is 1050. The molecular weight excluding hydrogens is 420 g/mol. The molecule has 7 nitrogen and oxygen atoms in total. The molecule has 9 heteroatoms. The maximum absolute atomic E-state index is 12.2. The van der Waals surface area contributed by atoms with Gasteiger partial charge in [-0.3, -0.25) is 14.4 Å². The monoisotopic (exact) mass is 440 g/mol. The van der Waals surface area contributed by atoms with Crippen LogP contribution in [0.1, 0.15) is 21.6 Å². The molecule has 0 fully saturated rings. The number of thiazole rings is 1. The van der Waals surface area contributed by atoms with Gasteiger partial charge in [0.05, 0.1) is 17.9 Å². The highest BCUT2D eigenvalue weighted by Crippen LogP contribution is 2.23. The molecule has 30 heavy (non-hydrogen) atoms. The van der Waals surface area contributed by atoms with Crippen LogP contribution in [0.3, 0.4) is 0 Å². The Kier molecular flexibility index (Phi) is 7.21. The van der Waals surface area contributed by atoms with Crippen LogP contribution in [-0.4, -0.2) is 28.5 Å². The summed E-state index contributed by atoms with van der Waals surface area (Å²) in [7, 11) is 0. The molecule has 0 atom stereocenters. The van der Waals surface area contributed by atoms with Gasteiger partial charge < -0.3 is 16.4 Å². The molecule has 0 unspecified atom stereocenters. The van der Waals surface area contributed by atoms with Gasteiger partial charge in [-0.05, 0) is 43.3 Å². The molecule has 3 rings (SSSR count). The minimum atomic E-state index is -0.520. The molecule has 154 valence electrons. The second-order valence-electron chi connectivity index (χ2n) is 6.47. The highest BCUT2D eigenvalue weighted by atomic mass is 32.2. The number of amides is 3. The van der Waals surface area contributed by atoms with E-state index in [-0.39, 0.29) is 24.0 Å². The Balaban J connectivity index is 1.46. The second kappa shape index (κ2) is 10.0. The molecule has 0 spiro atoms. The van der Waals surface area contributed by atoms with Crippen LogP contribution in [0.2, 0.25) is 0 Å². The number of nitrogens with two attached hydrogens (primary N) is 1. The van der Waals surface area contributed by atoms with E-state index < -0.39 is 5.91 Å². The fourth-order valence-corrected chi connectivity index (χ4v) is 4.13. The van der Waals surface area contributed by atoms with Gasteiger partial charge in [-0.2, -0.15) is 0 Å². The van der Waals surface area contributed by atoms with E-state index in [0.717, 1.165) is 15.6 Å². The lowest BCUT2D eigenvalue weighted by atomic mass is 10.2. The van der Waals surface area contributed by atoms with E-state index in [2.05, 4.69) is 15.6 Å². The number of thioether (sulfide) groups is 1. The number of aromatic nitrogens is 1. The lowest BCUT2D eigenvalue weighted by molar-refractivity contribution is -0.116. The second-order valence-corrected chi connectivity index (χ2v) is 8.55. The predicted molar refractivity (Wildman–Crippen MR) is 120 cm³/mol.